The van der Waals surface area contributed by atoms with Crippen molar-refractivity contribution in [2.75, 3.05) is 0 Å². The molecule has 110 valence electrons. The van der Waals surface area contributed by atoms with Crippen LogP contribution in [0.25, 0.3) is 0 Å². The van der Waals surface area contributed by atoms with E-state index in [2.05, 4.69) is 31.1 Å². The van der Waals surface area contributed by atoms with Gasteiger partial charge >= 0.3 is 6.01 Å². The van der Waals surface area contributed by atoms with Crippen LogP contribution in [-0.2, 0) is 0 Å². The lowest BCUT2D eigenvalue weighted by atomic mass is 10.1. The number of oxime groups is 1. The molecule has 0 saturated carbocycles. The number of rotatable bonds is 3. The third-order valence-electron chi connectivity index (χ3n) is 2.82. The number of aromatic nitrogens is 2. The van der Waals surface area contributed by atoms with Crippen molar-refractivity contribution >= 4 is 21.8 Å². The van der Waals surface area contributed by atoms with Gasteiger partial charge in [0.05, 0.1) is 0 Å². The number of benzene rings is 1. The van der Waals surface area contributed by atoms with Crippen LogP contribution in [0.3, 0.4) is 0 Å². The molecule has 0 saturated heterocycles. The monoisotopic (exact) mass is 350 g/mol. The van der Waals surface area contributed by atoms with E-state index in [1.54, 1.807) is 13.0 Å². The van der Waals surface area contributed by atoms with Gasteiger partial charge in [-0.2, -0.15) is 4.98 Å². The predicted molar refractivity (Wildman–Crippen MR) is 83.0 cm³/mol. The van der Waals surface area contributed by atoms with E-state index in [4.69, 9.17) is 15.7 Å². The van der Waals surface area contributed by atoms with E-state index in [9.17, 15) is 0 Å². The highest BCUT2D eigenvalue weighted by molar-refractivity contribution is 9.10. The summed E-state index contributed by atoms with van der Waals surface area (Å²) in [4.78, 5) is 8.31. The first-order valence-electron chi connectivity index (χ1n) is 6.19. The Balaban J connectivity index is 2.38. The van der Waals surface area contributed by atoms with Crippen LogP contribution in [0, 0.1) is 20.8 Å². The molecular formula is C14H15BrN4O2. The third kappa shape index (κ3) is 3.49. The molecule has 21 heavy (non-hydrogen) atoms. The lowest BCUT2D eigenvalue weighted by molar-refractivity contribution is 0.318. The molecular weight excluding hydrogens is 336 g/mol. The number of hydrogen-bond acceptors (Lipinski definition) is 5. The minimum atomic E-state index is -0.0893. The lowest BCUT2D eigenvalue weighted by Crippen LogP contribution is -2.16. The first-order valence-corrected chi connectivity index (χ1v) is 6.98. The minimum absolute atomic E-state index is 0.0893. The normalized spacial score (nSPS) is 11.5. The summed E-state index contributed by atoms with van der Waals surface area (Å²) in [5.41, 5.74) is 8.61. The van der Waals surface area contributed by atoms with Crippen molar-refractivity contribution in [3.63, 3.8) is 0 Å². The van der Waals surface area contributed by atoms with Crippen molar-refractivity contribution in [1.82, 2.24) is 9.97 Å². The van der Waals surface area contributed by atoms with Crippen molar-refractivity contribution in [1.29, 1.82) is 0 Å². The number of halogens is 1. The van der Waals surface area contributed by atoms with Crippen molar-refractivity contribution in [3.8, 4) is 11.8 Å². The number of aryl methyl sites for hydroxylation is 3. The number of nitrogens with zero attached hydrogens (tertiary/aromatic N) is 3. The summed E-state index contributed by atoms with van der Waals surface area (Å²) in [5.74, 6) is 0.540. The quantitative estimate of drug-likeness (QED) is 0.384. The zero-order chi connectivity index (χ0) is 15.6. The first kappa shape index (κ1) is 15.2. The van der Waals surface area contributed by atoms with Crippen molar-refractivity contribution in [2.45, 2.75) is 20.8 Å². The van der Waals surface area contributed by atoms with E-state index >= 15 is 0 Å². The Bertz CT molecular complexity index is 693. The van der Waals surface area contributed by atoms with Crippen LogP contribution in [0.1, 0.15) is 22.5 Å². The number of nitrogens with two attached hydrogens (primary N) is 1. The van der Waals surface area contributed by atoms with E-state index in [1.807, 2.05) is 26.0 Å². The van der Waals surface area contributed by atoms with Crippen LogP contribution >= 0.6 is 15.9 Å². The maximum atomic E-state index is 8.72. The van der Waals surface area contributed by atoms with Crippen LogP contribution in [0.2, 0.25) is 0 Å². The molecule has 6 nitrogen and oxygen atoms in total. The zero-order valence-corrected chi connectivity index (χ0v) is 13.5. The van der Waals surface area contributed by atoms with Gasteiger partial charge in [0.15, 0.2) is 5.84 Å². The van der Waals surface area contributed by atoms with Crippen molar-refractivity contribution in [3.05, 3.63) is 45.2 Å². The molecule has 1 aromatic heterocycles. The Hall–Kier alpha value is -2.15. The summed E-state index contributed by atoms with van der Waals surface area (Å²) in [7, 11) is 0. The van der Waals surface area contributed by atoms with Crippen LogP contribution in [0.15, 0.2) is 27.8 Å². The van der Waals surface area contributed by atoms with Crippen LogP contribution in [0.4, 0.5) is 0 Å². The van der Waals surface area contributed by atoms with E-state index in [-0.39, 0.29) is 11.8 Å². The molecule has 2 rings (SSSR count). The molecule has 0 aliphatic rings. The third-order valence-corrected chi connectivity index (χ3v) is 4.07. The molecule has 0 bridgehead atoms. The molecule has 0 fully saturated rings. The second-order valence-corrected chi connectivity index (χ2v) is 5.43. The second-order valence-electron chi connectivity index (χ2n) is 4.64. The molecule has 7 heteroatoms. The second kappa shape index (κ2) is 6.09. The maximum Gasteiger partial charge on any atom is 0.322 e. The van der Waals surface area contributed by atoms with E-state index in [0.717, 1.165) is 15.6 Å². The zero-order valence-electron chi connectivity index (χ0n) is 11.9. The van der Waals surface area contributed by atoms with Gasteiger partial charge in [-0.05, 0) is 50.1 Å². The highest BCUT2D eigenvalue weighted by atomic mass is 79.9. The Morgan fingerprint density at radius 3 is 2.38 bits per heavy atom. The number of ether oxygens (including phenoxy) is 1. The predicted octanol–water partition coefficient (Wildman–Crippen LogP) is 3.05. The van der Waals surface area contributed by atoms with E-state index < -0.39 is 0 Å². The van der Waals surface area contributed by atoms with Gasteiger partial charge in [0.25, 0.3) is 0 Å². The maximum absolute atomic E-state index is 8.72. The molecule has 1 heterocycles. The topological polar surface area (TPSA) is 93.6 Å². The summed E-state index contributed by atoms with van der Waals surface area (Å²) in [6.07, 6.45) is 0. The van der Waals surface area contributed by atoms with Gasteiger partial charge in [0.2, 0.25) is 0 Å². The lowest BCUT2D eigenvalue weighted by Gasteiger charge is -2.09. The first-order chi connectivity index (χ1) is 9.90. The van der Waals surface area contributed by atoms with Gasteiger partial charge in [0.1, 0.15) is 11.4 Å². The van der Waals surface area contributed by atoms with Gasteiger partial charge < -0.3 is 15.7 Å². The van der Waals surface area contributed by atoms with Crippen molar-refractivity contribution in [2.24, 2.45) is 10.9 Å². The fourth-order valence-electron chi connectivity index (χ4n) is 1.84. The van der Waals surface area contributed by atoms with E-state index in [1.165, 1.54) is 0 Å². The average molecular weight is 351 g/mol. The summed E-state index contributed by atoms with van der Waals surface area (Å²) in [5, 5.41) is 11.6. The average Bonchev–Trinajstić information content (AvgIpc) is 2.43. The standard InChI is InChI=1S/C14H15BrN4O2/c1-7-4-10(5-8(2)12(7)15)21-14-17-9(3)6-11(18-14)13(16)19-20/h4-6,20H,1-3H3,(H2,16,19). The summed E-state index contributed by atoms with van der Waals surface area (Å²) in [6.45, 7) is 5.73. The van der Waals surface area contributed by atoms with Crippen molar-refractivity contribution < 1.29 is 9.94 Å². The van der Waals surface area contributed by atoms with Gasteiger partial charge in [-0.1, -0.05) is 21.1 Å². The van der Waals surface area contributed by atoms with E-state index in [0.29, 0.717) is 17.1 Å². The van der Waals surface area contributed by atoms with Gasteiger partial charge in [-0.25, -0.2) is 4.98 Å². The summed E-state index contributed by atoms with van der Waals surface area (Å²) >= 11 is 3.50. The Morgan fingerprint density at radius 1 is 1.19 bits per heavy atom. The molecule has 0 atom stereocenters. The molecule has 0 amide bonds. The smallest absolute Gasteiger partial charge is 0.322 e. The fourth-order valence-corrected chi connectivity index (χ4v) is 2.07. The Kier molecular flexibility index (Phi) is 4.42. The Labute approximate surface area is 130 Å². The Morgan fingerprint density at radius 2 is 1.81 bits per heavy atom. The molecule has 0 aliphatic heterocycles. The molecule has 0 unspecified atom stereocenters. The van der Waals surface area contributed by atoms with Gasteiger partial charge in [-0.3, -0.25) is 0 Å². The summed E-state index contributed by atoms with van der Waals surface area (Å²) < 4.78 is 6.72. The van der Waals surface area contributed by atoms with Crippen LogP contribution in [0.5, 0.6) is 11.8 Å². The molecule has 3 N–H and O–H groups in total. The highest BCUT2D eigenvalue weighted by Gasteiger charge is 2.10. The number of amidine groups is 1. The largest absolute Gasteiger partial charge is 0.424 e. The van der Waals surface area contributed by atoms with Crippen LogP contribution < -0.4 is 10.5 Å². The van der Waals surface area contributed by atoms with Gasteiger partial charge in [-0.15, -0.1) is 0 Å². The van der Waals surface area contributed by atoms with Gasteiger partial charge in [0, 0.05) is 10.2 Å². The molecule has 0 spiro atoms. The molecule has 1 aromatic carbocycles. The molecule has 0 aliphatic carbocycles. The fraction of sp³-hybridized carbons (Fsp3) is 0.214. The molecule has 2 aromatic rings. The van der Waals surface area contributed by atoms with Crippen LogP contribution in [-0.4, -0.2) is 21.0 Å². The minimum Gasteiger partial charge on any atom is -0.424 e. The SMILES string of the molecule is Cc1cc(/C(N)=N/O)nc(Oc2cc(C)c(Br)c(C)c2)n1. The summed E-state index contributed by atoms with van der Waals surface area (Å²) in [6, 6.07) is 5.52. The highest BCUT2D eigenvalue weighted by Crippen LogP contribution is 2.28. The number of hydrogen-bond donors (Lipinski definition) is 2. The molecule has 0 radical (unpaired) electrons.